The second kappa shape index (κ2) is 10.3. The lowest BCUT2D eigenvalue weighted by atomic mass is 10.1. The highest BCUT2D eigenvalue weighted by atomic mass is 16.2. The van der Waals surface area contributed by atoms with Crippen LogP contribution in [-0.2, 0) is 4.79 Å². The van der Waals surface area contributed by atoms with Crippen molar-refractivity contribution < 1.29 is 9.59 Å². The maximum absolute atomic E-state index is 12.6. The van der Waals surface area contributed by atoms with Gasteiger partial charge in [-0.05, 0) is 55.0 Å². The Balaban J connectivity index is 1.51. The molecule has 170 valence electrons. The average molecular weight is 453 g/mol. The predicted molar refractivity (Wildman–Crippen MR) is 132 cm³/mol. The standard InChI is InChI=1S/C26H24N6O2/c1-18(19-9-12-22(13-10-19)30-26(27)34)29-24(33)14-11-21-17-32(23-7-3-2-4-8-23)31-25(21)20-6-5-15-28-16-20/h2-18H,1H3,(H,29,33)(H3,27,30,34). The number of carbonyl (C=O) groups excluding carboxylic acids is 2. The van der Waals surface area contributed by atoms with Gasteiger partial charge >= 0.3 is 6.03 Å². The summed E-state index contributed by atoms with van der Waals surface area (Å²) < 4.78 is 1.78. The Hall–Kier alpha value is -4.72. The van der Waals surface area contributed by atoms with Crippen LogP contribution in [0.4, 0.5) is 10.5 Å². The van der Waals surface area contributed by atoms with Crippen molar-refractivity contribution in [2.24, 2.45) is 5.73 Å². The fraction of sp³-hybridized carbons (Fsp3) is 0.0769. The van der Waals surface area contributed by atoms with Crippen LogP contribution in [0.2, 0.25) is 0 Å². The highest BCUT2D eigenvalue weighted by molar-refractivity contribution is 5.93. The number of pyridine rings is 1. The highest BCUT2D eigenvalue weighted by Gasteiger charge is 2.12. The fourth-order valence-electron chi connectivity index (χ4n) is 3.46. The van der Waals surface area contributed by atoms with Crippen LogP contribution in [0.5, 0.6) is 0 Å². The first-order valence-electron chi connectivity index (χ1n) is 10.7. The van der Waals surface area contributed by atoms with Gasteiger partial charge in [-0.15, -0.1) is 0 Å². The lowest BCUT2D eigenvalue weighted by molar-refractivity contribution is -0.117. The quantitative estimate of drug-likeness (QED) is 0.362. The number of rotatable bonds is 7. The second-order valence-electron chi connectivity index (χ2n) is 7.63. The number of hydrogen-bond acceptors (Lipinski definition) is 4. The fourth-order valence-corrected chi connectivity index (χ4v) is 3.46. The van der Waals surface area contributed by atoms with Crippen molar-refractivity contribution in [2.75, 3.05) is 5.32 Å². The van der Waals surface area contributed by atoms with Crippen molar-refractivity contribution in [3.8, 4) is 16.9 Å². The molecule has 3 amide bonds. The first-order chi connectivity index (χ1) is 16.5. The van der Waals surface area contributed by atoms with Gasteiger partial charge < -0.3 is 16.4 Å². The Bertz CT molecular complexity index is 1300. The summed E-state index contributed by atoms with van der Waals surface area (Å²) in [6.45, 7) is 1.89. The molecule has 2 aromatic carbocycles. The molecule has 0 bridgehead atoms. The number of amides is 3. The van der Waals surface area contributed by atoms with Crippen molar-refractivity contribution in [1.82, 2.24) is 20.1 Å². The SMILES string of the molecule is CC(NC(=O)C=Cc1cn(-c2ccccc2)nc1-c1cccnc1)c1ccc(NC(N)=O)cc1. The van der Waals surface area contributed by atoms with Crippen molar-refractivity contribution >= 4 is 23.7 Å². The molecule has 8 heteroatoms. The van der Waals surface area contributed by atoms with E-state index in [2.05, 4.69) is 15.6 Å². The maximum atomic E-state index is 12.6. The molecule has 34 heavy (non-hydrogen) atoms. The summed E-state index contributed by atoms with van der Waals surface area (Å²) >= 11 is 0. The van der Waals surface area contributed by atoms with Crippen LogP contribution in [0.1, 0.15) is 24.1 Å². The number of nitrogens with two attached hydrogens (primary N) is 1. The van der Waals surface area contributed by atoms with Gasteiger partial charge in [0, 0.05) is 41.5 Å². The molecule has 0 aliphatic heterocycles. The van der Waals surface area contributed by atoms with Gasteiger partial charge in [0.05, 0.1) is 11.7 Å². The number of hydrogen-bond donors (Lipinski definition) is 3. The largest absolute Gasteiger partial charge is 0.351 e. The molecular formula is C26H24N6O2. The summed E-state index contributed by atoms with van der Waals surface area (Å²) in [6.07, 6.45) is 8.57. The molecule has 8 nitrogen and oxygen atoms in total. The van der Waals surface area contributed by atoms with Gasteiger partial charge in [0.1, 0.15) is 5.69 Å². The van der Waals surface area contributed by atoms with Crippen LogP contribution in [0, 0.1) is 0 Å². The Morgan fingerprint density at radius 1 is 1.03 bits per heavy atom. The van der Waals surface area contributed by atoms with E-state index in [4.69, 9.17) is 10.8 Å². The van der Waals surface area contributed by atoms with Crippen molar-refractivity contribution in [2.45, 2.75) is 13.0 Å². The summed E-state index contributed by atoms with van der Waals surface area (Å²) in [5, 5.41) is 10.2. The van der Waals surface area contributed by atoms with Gasteiger partial charge in [-0.25, -0.2) is 9.48 Å². The monoisotopic (exact) mass is 452 g/mol. The second-order valence-corrected chi connectivity index (χ2v) is 7.63. The first-order valence-corrected chi connectivity index (χ1v) is 10.7. The van der Waals surface area contributed by atoms with Gasteiger partial charge in [-0.2, -0.15) is 5.10 Å². The topological polar surface area (TPSA) is 115 Å². The summed E-state index contributed by atoms with van der Waals surface area (Å²) in [5.41, 5.74) is 9.91. The van der Waals surface area contributed by atoms with E-state index in [1.807, 2.05) is 67.7 Å². The van der Waals surface area contributed by atoms with Gasteiger partial charge in [0.25, 0.3) is 0 Å². The molecule has 2 heterocycles. The number of anilines is 1. The number of urea groups is 1. The zero-order valence-electron chi connectivity index (χ0n) is 18.6. The minimum atomic E-state index is -0.625. The molecule has 1 atom stereocenters. The number of nitrogens with zero attached hydrogens (tertiary/aromatic N) is 3. The number of benzene rings is 2. The van der Waals surface area contributed by atoms with E-state index >= 15 is 0 Å². The van der Waals surface area contributed by atoms with Crippen molar-refractivity contribution in [3.05, 3.63) is 103 Å². The number of aromatic nitrogens is 3. The summed E-state index contributed by atoms with van der Waals surface area (Å²) in [7, 11) is 0. The average Bonchev–Trinajstić information content (AvgIpc) is 3.28. The molecule has 0 aliphatic carbocycles. The summed E-state index contributed by atoms with van der Waals surface area (Å²) in [5.74, 6) is -0.239. The van der Waals surface area contributed by atoms with E-state index in [-0.39, 0.29) is 11.9 Å². The zero-order chi connectivity index (χ0) is 23.9. The third kappa shape index (κ3) is 5.55. The molecule has 0 radical (unpaired) electrons. The van der Waals surface area contributed by atoms with E-state index < -0.39 is 6.03 Å². The Labute approximate surface area is 197 Å². The molecule has 4 aromatic rings. The maximum Gasteiger partial charge on any atom is 0.316 e. The third-order valence-electron chi connectivity index (χ3n) is 5.15. The minimum Gasteiger partial charge on any atom is -0.351 e. The van der Waals surface area contributed by atoms with Gasteiger partial charge in [0.2, 0.25) is 5.91 Å². The van der Waals surface area contributed by atoms with Crippen LogP contribution in [-0.4, -0.2) is 26.7 Å². The molecule has 2 aromatic heterocycles. The number of primary amides is 1. The van der Waals surface area contributed by atoms with Crippen LogP contribution < -0.4 is 16.4 Å². The molecule has 4 rings (SSSR count). The molecule has 0 saturated carbocycles. The normalized spacial score (nSPS) is 11.8. The minimum absolute atomic E-state index is 0.232. The molecular weight excluding hydrogens is 428 g/mol. The molecule has 4 N–H and O–H groups in total. The number of para-hydroxylation sites is 1. The summed E-state index contributed by atoms with van der Waals surface area (Å²) in [4.78, 5) is 27.8. The molecule has 0 spiro atoms. The van der Waals surface area contributed by atoms with E-state index in [0.29, 0.717) is 5.69 Å². The third-order valence-corrected chi connectivity index (χ3v) is 5.15. The Kier molecular flexibility index (Phi) is 6.78. The predicted octanol–water partition coefficient (Wildman–Crippen LogP) is 4.32. The van der Waals surface area contributed by atoms with Crippen LogP contribution in [0.3, 0.4) is 0 Å². The van der Waals surface area contributed by atoms with E-state index in [0.717, 1.165) is 28.1 Å². The lowest BCUT2D eigenvalue weighted by Gasteiger charge is -2.13. The summed E-state index contributed by atoms with van der Waals surface area (Å²) in [6, 6.07) is 19.8. The van der Waals surface area contributed by atoms with Gasteiger partial charge in [-0.1, -0.05) is 30.3 Å². The molecule has 0 aliphatic rings. The van der Waals surface area contributed by atoms with E-state index in [9.17, 15) is 9.59 Å². The number of carbonyl (C=O) groups is 2. The highest BCUT2D eigenvalue weighted by Crippen LogP contribution is 2.24. The first kappa shape index (κ1) is 22.5. The smallest absolute Gasteiger partial charge is 0.316 e. The Morgan fingerprint density at radius 2 is 1.79 bits per heavy atom. The van der Waals surface area contributed by atoms with Crippen LogP contribution in [0.25, 0.3) is 23.0 Å². The molecule has 0 saturated heterocycles. The lowest BCUT2D eigenvalue weighted by Crippen LogP contribution is -2.24. The van der Waals surface area contributed by atoms with E-state index in [1.54, 1.807) is 35.3 Å². The van der Waals surface area contributed by atoms with Crippen LogP contribution >= 0.6 is 0 Å². The Morgan fingerprint density at radius 3 is 2.47 bits per heavy atom. The number of nitrogens with one attached hydrogen (secondary N) is 2. The van der Waals surface area contributed by atoms with Crippen molar-refractivity contribution in [1.29, 1.82) is 0 Å². The zero-order valence-corrected chi connectivity index (χ0v) is 18.6. The van der Waals surface area contributed by atoms with Gasteiger partial charge in [0.15, 0.2) is 0 Å². The van der Waals surface area contributed by atoms with Gasteiger partial charge in [-0.3, -0.25) is 9.78 Å². The van der Waals surface area contributed by atoms with Crippen molar-refractivity contribution in [3.63, 3.8) is 0 Å². The molecule has 1 unspecified atom stereocenters. The van der Waals surface area contributed by atoms with E-state index in [1.165, 1.54) is 6.08 Å². The van der Waals surface area contributed by atoms with Crippen LogP contribution in [0.15, 0.2) is 91.4 Å². The molecule has 0 fully saturated rings.